The van der Waals surface area contributed by atoms with Gasteiger partial charge >= 0.3 is 0 Å². The standard InChI is InChI=1S/C13H17FN2O3/c1-18-11-4-2-3-10(14)12(11)13(17)16-8-9-7-15-5-6-19-9/h2-4,9,15H,5-8H2,1H3,(H,16,17). The van der Waals surface area contributed by atoms with Crippen LogP contribution in [0.25, 0.3) is 0 Å². The van der Waals surface area contributed by atoms with E-state index in [0.717, 1.165) is 6.54 Å². The Kier molecular flexibility index (Phi) is 4.70. The summed E-state index contributed by atoms with van der Waals surface area (Å²) in [4.78, 5) is 12.0. The van der Waals surface area contributed by atoms with Crippen LogP contribution in [0.15, 0.2) is 18.2 Å². The topological polar surface area (TPSA) is 59.6 Å². The van der Waals surface area contributed by atoms with E-state index in [0.29, 0.717) is 19.7 Å². The van der Waals surface area contributed by atoms with Crippen molar-refractivity contribution in [2.45, 2.75) is 6.10 Å². The first-order chi connectivity index (χ1) is 9.22. The second-order valence-corrected chi connectivity index (χ2v) is 4.22. The van der Waals surface area contributed by atoms with Gasteiger partial charge < -0.3 is 20.1 Å². The van der Waals surface area contributed by atoms with E-state index in [2.05, 4.69) is 10.6 Å². The van der Waals surface area contributed by atoms with Crippen LogP contribution in [0.2, 0.25) is 0 Å². The van der Waals surface area contributed by atoms with Crippen molar-refractivity contribution in [3.63, 3.8) is 0 Å². The largest absolute Gasteiger partial charge is 0.496 e. The normalized spacial score (nSPS) is 18.9. The quantitative estimate of drug-likeness (QED) is 0.837. The molecule has 1 fully saturated rings. The molecule has 1 aromatic carbocycles. The molecule has 1 heterocycles. The summed E-state index contributed by atoms with van der Waals surface area (Å²) in [6, 6.07) is 4.28. The molecular weight excluding hydrogens is 251 g/mol. The van der Waals surface area contributed by atoms with Gasteiger partial charge in [0.25, 0.3) is 5.91 Å². The van der Waals surface area contributed by atoms with Gasteiger partial charge in [-0.3, -0.25) is 4.79 Å². The van der Waals surface area contributed by atoms with Gasteiger partial charge in [-0.25, -0.2) is 4.39 Å². The van der Waals surface area contributed by atoms with Crippen LogP contribution >= 0.6 is 0 Å². The maximum atomic E-state index is 13.7. The fraction of sp³-hybridized carbons (Fsp3) is 0.462. The van der Waals surface area contributed by atoms with Crippen molar-refractivity contribution in [1.29, 1.82) is 0 Å². The van der Waals surface area contributed by atoms with E-state index in [1.165, 1.54) is 19.2 Å². The molecule has 6 heteroatoms. The van der Waals surface area contributed by atoms with Gasteiger partial charge in [0.15, 0.2) is 0 Å². The molecule has 1 saturated heterocycles. The Balaban J connectivity index is 1.99. The summed E-state index contributed by atoms with van der Waals surface area (Å²) in [6.45, 7) is 2.44. The summed E-state index contributed by atoms with van der Waals surface area (Å²) in [6.07, 6.45) is -0.0875. The Labute approximate surface area is 111 Å². The fourth-order valence-corrected chi connectivity index (χ4v) is 1.94. The second kappa shape index (κ2) is 6.49. The Bertz CT molecular complexity index is 448. The van der Waals surface area contributed by atoms with Crippen molar-refractivity contribution in [1.82, 2.24) is 10.6 Å². The molecule has 2 N–H and O–H groups in total. The third kappa shape index (κ3) is 3.42. The van der Waals surface area contributed by atoms with Gasteiger partial charge in [0.05, 0.1) is 19.8 Å². The summed E-state index contributed by atoms with van der Waals surface area (Å²) >= 11 is 0. The molecule has 0 aliphatic carbocycles. The Morgan fingerprint density at radius 3 is 3.16 bits per heavy atom. The van der Waals surface area contributed by atoms with Crippen molar-refractivity contribution in [2.24, 2.45) is 0 Å². The highest BCUT2D eigenvalue weighted by molar-refractivity contribution is 5.97. The van der Waals surface area contributed by atoms with Crippen LogP contribution < -0.4 is 15.4 Å². The molecule has 1 atom stereocenters. The minimum absolute atomic E-state index is 0.0752. The number of ether oxygens (including phenoxy) is 2. The van der Waals surface area contributed by atoms with Crippen LogP contribution in [0.4, 0.5) is 4.39 Å². The zero-order valence-electron chi connectivity index (χ0n) is 10.7. The molecule has 104 valence electrons. The predicted octanol–water partition coefficient (Wildman–Crippen LogP) is 0.552. The molecule has 1 amide bonds. The number of benzene rings is 1. The second-order valence-electron chi connectivity index (χ2n) is 4.22. The average Bonchev–Trinajstić information content (AvgIpc) is 2.45. The number of methoxy groups -OCH3 is 1. The highest BCUT2D eigenvalue weighted by Crippen LogP contribution is 2.20. The number of morpholine rings is 1. The number of rotatable bonds is 4. The zero-order chi connectivity index (χ0) is 13.7. The lowest BCUT2D eigenvalue weighted by atomic mass is 10.1. The number of hydrogen-bond donors (Lipinski definition) is 2. The van der Waals surface area contributed by atoms with Crippen molar-refractivity contribution >= 4 is 5.91 Å². The SMILES string of the molecule is COc1cccc(F)c1C(=O)NCC1CNCCO1. The first kappa shape index (κ1) is 13.8. The van der Waals surface area contributed by atoms with E-state index >= 15 is 0 Å². The summed E-state index contributed by atoms with van der Waals surface area (Å²) in [5.41, 5.74) is -0.0752. The Morgan fingerprint density at radius 2 is 2.47 bits per heavy atom. The third-order valence-corrected chi connectivity index (χ3v) is 2.92. The third-order valence-electron chi connectivity index (χ3n) is 2.92. The van der Waals surface area contributed by atoms with Gasteiger partial charge in [-0.05, 0) is 12.1 Å². The average molecular weight is 268 g/mol. The van der Waals surface area contributed by atoms with Crippen LogP contribution in [0.5, 0.6) is 5.75 Å². The summed E-state index contributed by atoms with van der Waals surface area (Å²) in [7, 11) is 1.40. The summed E-state index contributed by atoms with van der Waals surface area (Å²) in [5, 5.41) is 5.82. The van der Waals surface area contributed by atoms with Gasteiger partial charge in [0.2, 0.25) is 0 Å². The van der Waals surface area contributed by atoms with Gasteiger partial charge in [-0.1, -0.05) is 6.07 Å². The molecule has 0 radical (unpaired) electrons. The summed E-state index contributed by atoms with van der Waals surface area (Å²) < 4.78 is 24.1. The van der Waals surface area contributed by atoms with E-state index in [1.54, 1.807) is 6.07 Å². The van der Waals surface area contributed by atoms with Crippen LogP contribution in [-0.4, -0.2) is 45.4 Å². The van der Waals surface area contributed by atoms with Gasteiger partial charge in [-0.2, -0.15) is 0 Å². The lowest BCUT2D eigenvalue weighted by molar-refractivity contribution is 0.0286. The first-order valence-corrected chi connectivity index (χ1v) is 6.15. The number of hydrogen-bond acceptors (Lipinski definition) is 4. The van der Waals surface area contributed by atoms with Crippen LogP contribution in [-0.2, 0) is 4.74 Å². The molecule has 1 aliphatic rings. The maximum Gasteiger partial charge on any atom is 0.258 e. The first-order valence-electron chi connectivity index (χ1n) is 6.15. The molecule has 1 unspecified atom stereocenters. The summed E-state index contributed by atoms with van der Waals surface area (Å²) in [5.74, 6) is -0.871. The monoisotopic (exact) mass is 268 g/mol. The minimum Gasteiger partial charge on any atom is -0.496 e. The molecule has 19 heavy (non-hydrogen) atoms. The minimum atomic E-state index is -0.598. The smallest absolute Gasteiger partial charge is 0.258 e. The van der Waals surface area contributed by atoms with Crippen molar-refractivity contribution < 1.29 is 18.7 Å². The number of nitrogens with one attached hydrogen (secondary N) is 2. The van der Waals surface area contributed by atoms with Crippen molar-refractivity contribution in [3.05, 3.63) is 29.6 Å². The number of amides is 1. The van der Waals surface area contributed by atoms with E-state index in [1.807, 2.05) is 0 Å². The van der Waals surface area contributed by atoms with Gasteiger partial charge in [0.1, 0.15) is 17.1 Å². The van der Waals surface area contributed by atoms with E-state index in [4.69, 9.17) is 9.47 Å². The molecule has 5 nitrogen and oxygen atoms in total. The van der Waals surface area contributed by atoms with E-state index in [9.17, 15) is 9.18 Å². The van der Waals surface area contributed by atoms with Crippen LogP contribution in [0, 0.1) is 5.82 Å². The Morgan fingerprint density at radius 1 is 1.63 bits per heavy atom. The van der Waals surface area contributed by atoms with Crippen LogP contribution in [0.1, 0.15) is 10.4 Å². The molecule has 2 rings (SSSR count). The van der Waals surface area contributed by atoms with Crippen molar-refractivity contribution in [2.75, 3.05) is 33.4 Å². The van der Waals surface area contributed by atoms with Crippen LogP contribution in [0.3, 0.4) is 0 Å². The molecule has 0 aromatic heterocycles. The van der Waals surface area contributed by atoms with E-state index in [-0.39, 0.29) is 17.4 Å². The maximum absolute atomic E-state index is 13.7. The lowest BCUT2D eigenvalue weighted by Crippen LogP contribution is -2.45. The molecular formula is C13H17FN2O3. The lowest BCUT2D eigenvalue weighted by Gasteiger charge is -2.23. The van der Waals surface area contributed by atoms with Crippen molar-refractivity contribution in [3.8, 4) is 5.75 Å². The van der Waals surface area contributed by atoms with Gasteiger partial charge in [0, 0.05) is 19.6 Å². The molecule has 0 spiro atoms. The molecule has 0 saturated carbocycles. The highest BCUT2D eigenvalue weighted by Gasteiger charge is 2.19. The molecule has 1 aromatic rings. The number of carbonyl (C=O) groups excluding carboxylic acids is 1. The zero-order valence-corrected chi connectivity index (χ0v) is 10.7. The van der Waals surface area contributed by atoms with Gasteiger partial charge in [-0.15, -0.1) is 0 Å². The Hall–Kier alpha value is -1.66. The number of halogens is 1. The predicted molar refractivity (Wildman–Crippen MR) is 67.9 cm³/mol. The number of carbonyl (C=O) groups is 1. The molecule has 0 bridgehead atoms. The highest BCUT2D eigenvalue weighted by atomic mass is 19.1. The molecule has 1 aliphatic heterocycles. The fourth-order valence-electron chi connectivity index (χ4n) is 1.94. The van der Waals surface area contributed by atoms with E-state index < -0.39 is 11.7 Å².